The Labute approximate surface area is 105 Å². The van der Waals surface area contributed by atoms with E-state index >= 15 is 0 Å². The molecule has 1 atom stereocenters. The van der Waals surface area contributed by atoms with Crippen LogP contribution in [0.4, 0.5) is 0 Å². The summed E-state index contributed by atoms with van der Waals surface area (Å²) in [6, 6.07) is 1.95. The minimum atomic E-state index is -0.0604. The first kappa shape index (κ1) is 12.1. The second-order valence-electron chi connectivity index (χ2n) is 4.22. The van der Waals surface area contributed by atoms with Crippen molar-refractivity contribution in [2.75, 3.05) is 0 Å². The van der Waals surface area contributed by atoms with Crippen LogP contribution in [0.1, 0.15) is 33.7 Å². The molecular formula is C12H16N4S. The third-order valence-corrected chi connectivity index (χ3v) is 3.59. The van der Waals surface area contributed by atoms with Crippen LogP contribution in [0.3, 0.4) is 0 Å². The molecule has 0 bridgehead atoms. The Morgan fingerprint density at radius 2 is 2.00 bits per heavy atom. The highest BCUT2D eigenvalue weighted by Crippen LogP contribution is 2.20. The van der Waals surface area contributed by atoms with Crippen LogP contribution in [-0.4, -0.2) is 15.2 Å². The van der Waals surface area contributed by atoms with Crippen molar-refractivity contribution in [3.63, 3.8) is 0 Å². The number of aromatic nitrogens is 3. The third-order valence-electron chi connectivity index (χ3n) is 2.60. The van der Waals surface area contributed by atoms with Crippen molar-refractivity contribution in [1.29, 1.82) is 0 Å². The monoisotopic (exact) mass is 248 g/mol. The molecule has 0 saturated carbocycles. The molecule has 2 aromatic rings. The Morgan fingerprint density at radius 3 is 2.65 bits per heavy atom. The van der Waals surface area contributed by atoms with Gasteiger partial charge in [-0.3, -0.25) is 0 Å². The van der Waals surface area contributed by atoms with Gasteiger partial charge in [0.15, 0.2) is 0 Å². The zero-order chi connectivity index (χ0) is 12.4. The van der Waals surface area contributed by atoms with Crippen LogP contribution < -0.4 is 5.73 Å². The minimum absolute atomic E-state index is 0.0604. The van der Waals surface area contributed by atoms with Crippen molar-refractivity contribution in [1.82, 2.24) is 15.2 Å². The van der Waals surface area contributed by atoms with E-state index in [0.29, 0.717) is 0 Å². The number of aryl methyl sites for hydroxylation is 3. The molecule has 0 fully saturated rings. The Kier molecular flexibility index (Phi) is 3.49. The largest absolute Gasteiger partial charge is 0.324 e. The molecule has 0 amide bonds. The first-order valence-electron chi connectivity index (χ1n) is 5.53. The molecule has 4 nitrogen and oxygen atoms in total. The average molecular weight is 248 g/mol. The van der Waals surface area contributed by atoms with Crippen molar-refractivity contribution in [3.05, 3.63) is 39.1 Å². The van der Waals surface area contributed by atoms with E-state index in [1.54, 1.807) is 11.3 Å². The van der Waals surface area contributed by atoms with Crippen LogP contribution in [0, 0.1) is 20.8 Å². The zero-order valence-electron chi connectivity index (χ0n) is 10.3. The molecule has 0 radical (unpaired) electrons. The van der Waals surface area contributed by atoms with E-state index in [1.165, 1.54) is 0 Å². The second kappa shape index (κ2) is 4.89. The minimum Gasteiger partial charge on any atom is -0.324 e. The highest BCUT2D eigenvalue weighted by Gasteiger charge is 2.13. The maximum absolute atomic E-state index is 6.20. The molecular weight excluding hydrogens is 232 g/mol. The first-order valence-corrected chi connectivity index (χ1v) is 6.41. The van der Waals surface area contributed by atoms with E-state index in [2.05, 4.69) is 15.2 Å². The van der Waals surface area contributed by atoms with Crippen LogP contribution in [-0.2, 0) is 6.42 Å². The SMILES string of the molecule is Cc1cc(C(N)Cc2nc(C)cs2)c(C)nn1. The predicted molar refractivity (Wildman–Crippen MR) is 69.0 cm³/mol. The van der Waals surface area contributed by atoms with Crippen molar-refractivity contribution in [2.45, 2.75) is 33.2 Å². The summed E-state index contributed by atoms with van der Waals surface area (Å²) in [7, 11) is 0. The normalized spacial score (nSPS) is 12.7. The average Bonchev–Trinajstić information content (AvgIpc) is 2.67. The van der Waals surface area contributed by atoms with Gasteiger partial charge in [0.1, 0.15) is 0 Å². The lowest BCUT2D eigenvalue weighted by atomic mass is 10.0. The van der Waals surface area contributed by atoms with E-state index in [0.717, 1.165) is 34.1 Å². The van der Waals surface area contributed by atoms with E-state index in [9.17, 15) is 0 Å². The Balaban J connectivity index is 2.19. The fourth-order valence-corrected chi connectivity index (χ4v) is 2.57. The number of thiazole rings is 1. The number of hydrogen-bond donors (Lipinski definition) is 1. The van der Waals surface area contributed by atoms with Gasteiger partial charge >= 0.3 is 0 Å². The fourth-order valence-electron chi connectivity index (χ4n) is 1.74. The Morgan fingerprint density at radius 1 is 1.24 bits per heavy atom. The summed E-state index contributed by atoms with van der Waals surface area (Å²) in [5, 5.41) is 11.2. The summed E-state index contributed by atoms with van der Waals surface area (Å²) in [6.07, 6.45) is 0.754. The quantitative estimate of drug-likeness (QED) is 0.903. The van der Waals surface area contributed by atoms with Gasteiger partial charge in [-0.05, 0) is 32.4 Å². The van der Waals surface area contributed by atoms with Crippen molar-refractivity contribution >= 4 is 11.3 Å². The topological polar surface area (TPSA) is 64.7 Å². The van der Waals surface area contributed by atoms with Crippen LogP contribution in [0.15, 0.2) is 11.4 Å². The van der Waals surface area contributed by atoms with Crippen LogP contribution >= 0.6 is 11.3 Å². The molecule has 0 aliphatic heterocycles. The number of nitrogens with zero attached hydrogens (tertiary/aromatic N) is 3. The molecule has 1 unspecified atom stereocenters. The molecule has 17 heavy (non-hydrogen) atoms. The van der Waals surface area contributed by atoms with Crippen molar-refractivity contribution < 1.29 is 0 Å². The van der Waals surface area contributed by atoms with Crippen molar-refractivity contribution in [3.8, 4) is 0 Å². The predicted octanol–water partition coefficient (Wildman–Crippen LogP) is 2.10. The molecule has 2 heterocycles. The summed E-state index contributed by atoms with van der Waals surface area (Å²) in [6.45, 7) is 5.86. The molecule has 0 spiro atoms. The van der Waals surface area contributed by atoms with Gasteiger partial charge in [0, 0.05) is 23.5 Å². The van der Waals surface area contributed by atoms with Gasteiger partial charge in [-0.15, -0.1) is 11.3 Å². The third kappa shape index (κ3) is 2.87. The summed E-state index contributed by atoms with van der Waals surface area (Å²) < 4.78 is 0. The maximum Gasteiger partial charge on any atom is 0.0947 e. The lowest BCUT2D eigenvalue weighted by Crippen LogP contribution is -2.16. The molecule has 0 saturated heterocycles. The highest BCUT2D eigenvalue weighted by molar-refractivity contribution is 7.09. The first-order chi connectivity index (χ1) is 8.06. The molecule has 90 valence electrons. The standard InChI is InChI=1S/C12H16N4S/c1-7-4-10(9(3)16-15-7)11(13)5-12-14-8(2)6-17-12/h4,6,11H,5,13H2,1-3H3. The fraction of sp³-hybridized carbons (Fsp3) is 0.417. The molecule has 2 rings (SSSR count). The molecule has 0 aromatic carbocycles. The smallest absolute Gasteiger partial charge is 0.0947 e. The van der Waals surface area contributed by atoms with E-state index in [-0.39, 0.29) is 6.04 Å². The molecule has 5 heteroatoms. The van der Waals surface area contributed by atoms with E-state index < -0.39 is 0 Å². The summed E-state index contributed by atoms with van der Waals surface area (Å²) in [5.41, 5.74) is 10.1. The molecule has 0 aliphatic rings. The second-order valence-corrected chi connectivity index (χ2v) is 5.16. The van der Waals surface area contributed by atoms with Crippen LogP contribution in [0.5, 0.6) is 0 Å². The van der Waals surface area contributed by atoms with Crippen LogP contribution in [0.2, 0.25) is 0 Å². The number of hydrogen-bond acceptors (Lipinski definition) is 5. The van der Waals surface area contributed by atoms with Gasteiger partial charge in [-0.2, -0.15) is 10.2 Å². The van der Waals surface area contributed by atoms with Gasteiger partial charge in [-0.25, -0.2) is 4.98 Å². The van der Waals surface area contributed by atoms with Crippen molar-refractivity contribution in [2.24, 2.45) is 5.73 Å². The van der Waals surface area contributed by atoms with Gasteiger partial charge in [-0.1, -0.05) is 0 Å². The summed E-state index contributed by atoms with van der Waals surface area (Å²) in [5.74, 6) is 0. The molecule has 2 aromatic heterocycles. The lowest BCUT2D eigenvalue weighted by molar-refractivity contribution is 0.696. The number of nitrogens with two attached hydrogens (primary N) is 1. The van der Waals surface area contributed by atoms with E-state index in [1.807, 2.05) is 32.2 Å². The maximum atomic E-state index is 6.20. The van der Waals surface area contributed by atoms with Gasteiger partial charge in [0.25, 0.3) is 0 Å². The summed E-state index contributed by atoms with van der Waals surface area (Å²) >= 11 is 1.66. The van der Waals surface area contributed by atoms with Crippen LogP contribution in [0.25, 0.3) is 0 Å². The Hall–Kier alpha value is -1.33. The summed E-state index contributed by atoms with van der Waals surface area (Å²) in [4.78, 5) is 4.43. The van der Waals surface area contributed by atoms with Gasteiger partial charge in [0.05, 0.1) is 16.4 Å². The Bertz CT molecular complexity index is 521. The molecule has 2 N–H and O–H groups in total. The van der Waals surface area contributed by atoms with E-state index in [4.69, 9.17) is 5.73 Å². The number of rotatable bonds is 3. The highest BCUT2D eigenvalue weighted by atomic mass is 32.1. The zero-order valence-corrected chi connectivity index (χ0v) is 11.1. The van der Waals surface area contributed by atoms with Gasteiger partial charge in [0.2, 0.25) is 0 Å². The molecule has 0 aliphatic carbocycles. The van der Waals surface area contributed by atoms with Gasteiger partial charge < -0.3 is 5.73 Å². The lowest BCUT2D eigenvalue weighted by Gasteiger charge is -2.12.